The Morgan fingerprint density at radius 2 is 1.36 bits per heavy atom. The molecule has 4 heteroatoms. The molecule has 0 saturated carbocycles. The fourth-order valence-corrected chi connectivity index (χ4v) is 4.95. The SMILES string of the molecule is Cc1ccc(CN2C(=O)C(O)(CC(=O)c3c(C)c(C)c(C)c(C)c3C)c3ccccc32)cc1. The molecular formula is C29H31NO3. The number of amides is 1. The number of hydrogen-bond donors (Lipinski definition) is 1. The summed E-state index contributed by atoms with van der Waals surface area (Å²) in [6.45, 7) is 12.3. The molecule has 3 aromatic rings. The van der Waals surface area contributed by atoms with Crippen molar-refractivity contribution in [1.29, 1.82) is 0 Å². The number of rotatable bonds is 5. The molecule has 0 saturated heterocycles. The van der Waals surface area contributed by atoms with Gasteiger partial charge in [-0.3, -0.25) is 9.59 Å². The van der Waals surface area contributed by atoms with Gasteiger partial charge in [-0.25, -0.2) is 0 Å². The molecule has 1 N–H and O–H groups in total. The summed E-state index contributed by atoms with van der Waals surface area (Å²) in [4.78, 5) is 28.8. The van der Waals surface area contributed by atoms with Crippen molar-refractivity contribution < 1.29 is 14.7 Å². The van der Waals surface area contributed by atoms with Crippen molar-refractivity contribution in [3.63, 3.8) is 0 Å². The third kappa shape index (κ3) is 3.68. The highest BCUT2D eigenvalue weighted by molar-refractivity contribution is 6.11. The number of Topliss-reactive ketones (excluding diaryl/α,β-unsaturated/α-hetero) is 1. The molecule has 4 rings (SSSR count). The number of aliphatic hydroxyl groups is 1. The number of para-hydroxylation sites is 1. The van der Waals surface area contributed by atoms with Crippen LogP contribution in [0.25, 0.3) is 0 Å². The largest absolute Gasteiger partial charge is 0.375 e. The summed E-state index contributed by atoms with van der Waals surface area (Å²) < 4.78 is 0. The zero-order valence-electron chi connectivity index (χ0n) is 20.2. The van der Waals surface area contributed by atoms with Crippen molar-refractivity contribution in [3.05, 3.63) is 98.6 Å². The number of carbonyl (C=O) groups excluding carboxylic acids is 2. The van der Waals surface area contributed by atoms with Gasteiger partial charge in [0.1, 0.15) is 0 Å². The van der Waals surface area contributed by atoms with Gasteiger partial charge >= 0.3 is 0 Å². The second-order valence-electron chi connectivity index (χ2n) is 9.35. The van der Waals surface area contributed by atoms with Gasteiger partial charge in [-0.2, -0.15) is 0 Å². The van der Waals surface area contributed by atoms with Crippen LogP contribution in [0.1, 0.15) is 61.3 Å². The Labute approximate surface area is 195 Å². The van der Waals surface area contributed by atoms with Crippen LogP contribution in [0.3, 0.4) is 0 Å². The van der Waals surface area contributed by atoms with Gasteiger partial charge in [0.15, 0.2) is 11.4 Å². The van der Waals surface area contributed by atoms with Crippen molar-refractivity contribution in [1.82, 2.24) is 0 Å². The summed E-state index contributed by atoms with van der Waals surface area (Å²) in [5.74, 6) is -0.660. The van der Waals surface area contributed by atoms with E-state index >= 15 is 0 Å². The molecule has 1 heterocycles. The van der Waals surface area contributed by atoms with Crippen LogP contribution in [-0.4, -0.2) is 16.8 Å². The van der Waals surface area contributed by atoms with Crippen molar-refractivity contribution in [2.24, 2.45) is 0 Å². The fraction of sp³-hybridized carbons (Fsp3) is 0.310. The van der Waals surface area contributed by atoms with Gasteiger partial charge in [-0.05, 0) is 81.0 Å². The minimum absolute atomic E-state index is 0.209. The highest BCUT2D eigenvalue weighted by atomic mass is 16.3. The molecule has 0 bridgehead atoms. The van der Waals surface area contributed by atoms with E-state index in [1.54, 1.807) is 17.0 Å². The fourth-order valence-electron chi connectivity index (χ4n) is 4.95. The van der Waals surface area contributed by atoms with Gasteiger partial charge in [0, 0.05) is 11.1 Å². The summed E-state index contributed by atoms with van der Waals surface area (Å²) >= 11 is 0. The summed E-state index contributed by atoms with van der Waals surface area (Å²) in [5, 5.41) is 11.7. The minimum atomic E-state index is -1.88. The first-order chi connectivity index (χ1) is 15.6. The van der Waals surface area contributed by atoms with Crippen LogP contribution in [0.4, 0.5) is 5.69 Å². The van der Waals surface area contributed by atoms with Crippen LogP contribution in [0, 0.1) is 41.5 Å². The Morgan fingerprint density at radius 3 is 1.97 bits per heavy atom. The molecule has 1 aliphatic heterocycles. The highest BCUT2D eigenvalue weighted by Crippen LogP contribution is 2.44. The average molecular weight is 442 g/mol. The zero-order valence-corrected chi connectivity index (χ0v) is 20.2. The lowest BCUT2D eigenvalue weighted by Crippen LogP contribution is -2.41. The monoisotopic (exact) mass is 441 g/mol. The number of fused-ring (bicyclic) bond motifs is 1. The Morgan fingerprint density at radius 1 is 0.818 bits per heavy atom. The van der Waals surface area contributed by atoms with Gasteiger partial charge in [0.25, 0.3) is 5.91 Å². The summed E-state index contributed by atoms with van der Waals surface area (Å²) in [7, 11) is 0. The summed E-state index contributed by atoms with van der Waals surface area (Å²) in [6, 6.07) is 15.2. The third-order valence-electron chi connectivity index (χ3n) is 7.40. The molecule has 1 atom stereocenters. The Balaban J connectivity index is 1.73. The normalized spacial score (nSPS) is 17.4. The lowest BCUT2D eigenvalue weighted by atomic mass is 9.82. The van der Waals surface area contributed by atoms with Crippen molar-refractivity contribution in [2.75, 3.05) is 4.90 Å². The lowest BCUT2D eigenvalue weighted by Gasteiger charge is -2.24. The minimum Gasteiger partial charge on any atom is -0.375 e. The number of benzene rings is 3. The summed E-state index contributed by atoms with van der Waals surface area (Å²) in [6.07, 6.45) is -0.281. The Kier molecular flexibility index (Phi) is 5.75. The molecule has 0 aromatic heterocycles. The van der Waals surface area contributed by atoms with Crippen LogP contribution in [0.5, 0.6) is 0 Å². The topological polar surface area (TPSA) is 57.6 Å². The maximum atomic E-state index is 13.6. The number of hydrogen-bond acceptors (Lipinski definition) is 3. The van der Waals surface area contributed by atoms with Crippen LogP contribution >= 0.6 is 0 Å². The second kappa shape index (κ2) is 8.27. The molecule has 0 aliphatic carbocycles. The van der Waals surface area contributed by atoms with Gasteiger partial charge in [0.2, 0.25) is 0 Å². The van der Waals surface area contributed by atoms with Crippen molar-refractivity contribution in [2.45, 2.75) is 60.1 Å². The first-order valence-corrected chi connectivity index (χ1v) is 11.4. The average Bonchev–Trinajstić information content (AvgIpc) is 3.00. The predicted octanol–water partition coefficient (Wildman–Crippen LogP) is 5.54. The quantitative estimate of drug-likeness (QED) is 0.529. The van der Waals surface area contributed by atoms with E-state index < -0.39 is 11.5 Å². The van der Waals surface area contributed by atoms with E-state index in [0.717, 1.165) is 33.4 Å². The predicted molar refractivity (Wildman–Crippen MR) is 132 cm³/mol. The van der Waals surface area contributed by atoms with Gasteiger partial charge in [-0.1, -0.05) is 48.0 Å². The van der Waals surface area contributed by atoms with E-state index in [9.17, 15) is 14.7 Å². The van der Waals surface area contributed by atoms with Gasteiger partial charge in [0.05, 0.1) is 18.7 Å². The molecule has 1 amide bonds. The molecule has 170 valence electrons. The molecule has 0 radical (unpaired) electrons. The number of ketones is 1. The van der Waals surface area contributed by atoms with E-state index in [1.165, 1.54) is 5.56 Å². The number of anilines is 1. The van der Waals surface area contributed by atoms with Crippen LogP contribution < -0.4 is 4.90 Å². The molecule has 3 aromatic carbocycles. The molecule has 0 spiro atoms. The first kappa shape index (κ1) is 22.9. The van der Waals surface area contributed by atoms with Crippen molar-refractivity contribution >= 4 is 17.4 Å². The molecule has 1 aliphatic rings. The first-order valence-electron chi connectivity index (χ1n) is 11.4. The number of nitrogens with zero attached hydrogens (tertiary/aromatic N) is 1. The molecule has 4 nitrogen and oxygen atoms in total. The van der Waals surface area contributed by atoms with Crippen LogP contribution in [0.2, 0.25) is 0 Å². The standard InChI is InChI=1S/C29H31NO3/c1-17-11-13-23(14-12-17)16-30-25-10-8-7-9-24(25)29(33,28(30)32)15-26(31)27-21(5)19(3)18(2)20(4)22(27)6/h7-14,33H,15-16H2,1-6H3. The number of carbonyl (C=O) groups is 2. The van der Waals surface area contributed by atoms with E-state index in [1.807, 2.05) is 71.0 Å². The number of aryl methyl sites for hydroxylation is 1. The maximum Gasteiger partial charge on any atom is 0.264 e. The van der Waals surface area contributed by atoms with E-state index in [4.69, 9.17) is 0 Å². The smallest absolute Gasteiger partial charge is 0.264 e. The van der Waals surface area contributed by atoms with Gasteiger partial charge in [-0.15, -0.1) is 0 Å². The molecule has 1 unspecified atom stereocenters. The molecule has 33 heavy (non-hydrogen) atoms. The maximum absolute atomic E-state index is 13.6. The van der Waals surface area contributed by atoms with Crippen molar-refractivity contribution in [3.8, 4) is 0 Å². The van der Waals surface area contributed by atoms with E-state index in [2.05, 4.69) is 6.92 Å². The molecular weight excluding hydrogens is 410 g/mol. The Hall–Kier alpha value is -3.24. The van der Waals surface area contributed by atoms with E-state index in [0.29, 0.717) is 23.4 Å². The van der Waals surface area contributed by atoms with Crippen LogP contribution in [0.15, 0.2) is 48.5 Å². The lowest BCUT2D eigenvalue weighted by molar-refractivity contribution is -0.136. The Bertz CT molecular complexity index is 1240. The molecule has 0 fully saturated rings. The third-order valence-corrected chi connectivity index (χ3v) is 7.40. The summed E-state index contributed by atoms with van der Waals surface area (Å²) in [5.41, 5.74) is 7.15. The van der Waals surface area contributed by atoms with Crippen LogP contribution in [-0.2, 0) is 16.9 Å². The highest BCUT2D eigenvalue weighted by Gasteiger charge is 2.51. The van der Waals surface area contributed by atoms with Gasteiger partial charge < -0.3 is 10.0 Å². The zero-order chi connectivity index (χ0) is 24.1. The second-order valence-corrected chi connectivity index (χ2v) is 9.35. The van der Waals surface area contributed by atoms with E-state index in [-0.39, 0.29) is 12.2 Å².